The van der Waals surface area contributed by atoms with E-state index in [9.17, 15) is 9.59 Å². The number of rotatable bonds is 11. The van der Waals surface area contributed by atoms with Crippen LogP contribution in [0, 0.1) is 36.0 Å². The number of hydrogen-bond acceptors (Lipinski definition) is 7. The third-order valence-corrected chi connectivity index (χ3v) is 5.71. The van der Waals surface area contributed by atoms with Crippen LogP contribution in [0.1, 0.15) is 45.0 Å². The molecule has 2 aromatic rings. The number of amides is 1. The molecule has 9 nitrogen and oxygen atoms in total. The van der Waals surface area contributed by atoms with Crippen LogP contribution in [-0.4, -0.2) is 55.9 Å². The molecule has 0 aliphatic heterocycles. The number of aromatic nitrogens is 1. The Morgan fingerprint density at radius 1 is 1.16 bits per heavy atom. The number of aldehydes is 1. The third kappa shape index (κ3) is 19.4. The molecule has 0 fully saturated rings. The van der Waals surface area contributed by atoms with E-state index in [0.717, 1.165) is 12.0 Å². The summed E-state index contributed by atoms with van der Waals surface area (Å²) in [7, 11) is 3.38. The van der Waals surface area contributed by atoms with E-state index >= 15 is 0 Å². The smallest absolute Gasteiger partial charge is 0.337 e. The summed E-state index contributed by atoms with van der Waals surface area (Å²) < 4.78 is 0. The summed E-state index contributed by atoms with van der Waals surface area (Å²) in [6.45, 7) is 10.8. The van der Waals surface area contributed by atoms with Crippen molar-refractivity contribution in [2.45, 2.75) is 34.6 Å². The van der Waals surface area contributed by atoms with E-state index < -0.39 is 5.97 Å². The minimum Gasteiger partial charge on any atom is -0.478 e. The highest BCUT2D eigenvalue weighted by Gasteiger charge is 2.19. The first-order chi connectivity index (χ1) is 20.6. The molecular formula is C32H43Cl2N5O4. The Kier molecular flexibility index (Phi) is 27.9. The fourth-order valence-electron chi connectivity index (χ4n) is 2.97. The SMILES string of the molecule is C#C.C/C=C(C#N)\C=C/C(C)C(C=O)CN(CC)c1ccc(C(=O)O)cn1.CC.CNC=O.CNc1cc(Cl)cc(Cl)c1. The lowest BCUT2D eigenvalue weighted by atomic mass is 9.93. The quantitative estimate of drug-likeness (QED) is 0.107. The summed E-state index contributed by atoms with van der Waals surface area (Å²) in [6, 6.07) is 10.5. The molecule has 1 aromatic carbocycles. The topological polar surface area (TPSA) is 135 Å². The molecule has 0 spiro atoms. The first-order valence-corrected chi connectivity index (χ1v) is 14.1. The van der Waals surface area contributed by atoms with Crippen LogP contribution in [0.25, 0.3) is 0 Å². The summed E-state index contributed by atoms with van der Waals surface area (Å²) in [4.78, 5) is 37.6. The highest BCUT2D eigenvalue weighted by molar-refractivity contribution is 6.35. The molecule has 0 bridgehead atoms. The van der Waals surface area contributed by atoms with Crippen molar-refractivity contribution >= 4 is 53.4 Å². The maximum Gasteiger partial charge on any atom is 0.337 e. The Balaban J connectivity index is -0.000000727. The Labute approximate surface area is 266 Å². The van der Waals surface area contributed by atoms with Gasteiger partial charge in [-0.05, 0) is 56.2 Å². The molecule has 0 saturated heterocycles. The average Bonchev–Trinajstić information content (AvgIpc) is 3.04. The van der Waals surface area contributed by atoms with E-state index in [-0.39, 0.29) is 17.4 Å². The van der Waals surface area contributed by atoms with Crippen LogP contribution in [0.4, 0.5) is 11.5 Å². The Bertz CT molecular complexity index is 1170. The van der Waals surface area contributed by atoms with Crippen molar-refractivity contribution in [1.82, 2.24) is 10.3 Å². The van der Waals surface area contributed by atoms with Crippen molar-refractivity contribution in [2.24, 2.45) is 11.8 Å². The van der Waals surface area contributed by atoms with Gasteiger partial charge in [-0.2, -0.15) is 5.26 Å². The molecule has 11 heteroatoms. The molecule has 0 aliphatic carbocycles. The van der Waals surface area contributed by atoms with Gasteiger partial charge in [0.2, 0.25) is 6.41 Å². The number of allylic oxidation sites excluding steroid dienone is 4. The van der Waals surface area contributed by atoms with E-state index in [1.54, 1.807) is 38.3 Å². The van der Waals surface area contributed by atoms with Gasteiger partial charge in [0.15, 0.2) is 0 Å². The lowest BCUT2D eigenvalue weighted by molar-refractivity contribution is -0.111. The number of nitrogens with one attached hydrogen (secondary N) is 2. The molecule has 0 saturated carbocycles. The lowest BCUT2D eigenvalue weighted by Gasteiger charge is -2.27. The molecule has 2 atom stereocenters. The number of hydrogen-bond donors (Lipinski definition) is 3. The standard InChI is InChI=1S/C19H23N3O3.C7H7Cl2N.C2H5NO.C2H6.C2H2/c1-4-15(10-20)7-6-14(3)17(13-23)12-22(5-2)18-9-8-16(11-21-18)19(24)25;1-10-7-3-5(8)2-6(9)4-7;1-3-2-4;2*1-2/h4,6-9,11,13-14,17H,5,12H2,1-3H3,(H,24,25);2-4,10H,1H3;2H,1H3,(H,3,4);1-2H3;1-2H/b7-6-,15-4+;;;;. The zero-order valence-corrected chi connectivity index (χ0v) is 27.4. The van der Waals surface area contributed by atoms with Crippen molar-refractivity contribution < 1.29 is 19.5 Å². The van der Waals surface area contributed by atoms with Crippen molar-refractivity contribution in [1.29, 1.82) is 5.26 Å². The van der Waals surface area contributed by atoms with Gasteiger partial charge in [0.1, 0.15) is 12.1 Å². The average molecular weight is 633 g/mol. The van der Waals surface area contributed by atoms with Crippen LogP contribution in [0.3, 0.4) is 0 Å². The van der Waals surface area contributed by atoms with Crippen molar-refractivity contribution in [3.05, 3.63) is 75.9 Å². The summed E-state index contributed by atoms with van der Waals surface area (Å²) in [6.07, 6.45) is 16.1. The molecule has 0 aliphatic rings. The van der Waals surface area contributed by atoms with Crippen LogP contribution < -0.4 is 15.5 Å². The first kappa shape index (κ1) is 43.1. The number of pyridine rings is 1. The predicted octanol–water partition coefficient (Wildman–Crippen LogP) is 6.76. The fraction of sp³-hybridized carbons (Fsp3) is 0.344. The number of carbonyl (C=O) groups is 3. The minimum atomic E-state index is -1.02. The van der Waals surface area contributed by atoms with Gasteiger partial charge < -0.3 is 25.4 Å². The van der Waals surface area contributed by atoms with Crippen molar-refractivity contribution in [2.75, 3.05) is 37.4 Å². The molecule has 43 heavy (non-hydrogen) atoms. The highest BCUT2D eigenvalue weighted by Crippen LogP contribution is 2.22. The Hall–Kier alpha value is -4.31. The van der Waals surface area contributed by atoms with E-state index in [1.165, 1.54) is 12.3 Å². The van der Waals surface area contributed by atoms with Crippen LogP contribution in [0.2, 0.25) is 10.0 Å². The summed E-state index contributed by atoms with van der Waals surface area (Å²) in [5, 5.41) is 24.4. The zero-order chi connectivity index (χ0) is 33.8. The number of halogens is 2. The monoisotopic (exact) mass is 631 g/mol. The number of benzene rings is 1. The second-order valence-corrected chi connectivity index (χ2v) is 8.81. The predicted molar refractivity (Wildman–Crippen MR) is 179 cm³/mol. The molecule has 0 radical (unpaired) electrons. The maximum absolute atomic E-state index is 11.5. The summed E-state index contributed by atoms with van der Waals surface area (Å²) in [5.41, 5.74) is 1.60. The fourth-order valence-corrected chi connectivity index (χ4v) is 3.49. The molecule has 1 amide bonds. The molecule has 1 heterocycles. The molecule has 2 rings (SSSR count). The maximum atomic E-state index is 11.5. The van der Waals surface area contributed by atoms with E-state index in [4.69, 9.17) is 38.4 Å². The number of carboxylic acid groups (broad SMARTS) is 1. The molecule has 3 N–H and O–H groups in total. The van der Waals surface area contributed by atoms with Gasteiger partial charge >= 0.3 is 5.97 Å². The van der Waals surface area contributed by atoms with Gasteiger partial charge in [0, 0.05) is 60.6 Å². The number of carbonyl (C=O) groups excluding carboxylic acids is 2. The third-order valence-electron chi connectivity index (χ3n) is 5.27. The van der Waals surface area contributed by atoms with Crippen LogP contribution in [0.15, 0.2) is 60.3 Å². The number of nitriles is 1. The number of terminal acetylenes is 1. The summed E-state index contributed by atoms with van der Waals surface area (Å²) in [5.74, 6) is -0.715. The van der Waals surface area contributed by atoms with E-state index in [0.29, 0.717) is 40.9 Å². The largest absolute Gasteiger partial charge is 0.478 e. The summed E-state index contributed by atoms with van der Waals surface area (Å²) >= 11 is 11.4. The van der Waals surface area contributed by atoms with Gasteiger partial charge in [0.05, 0.1) is 11.6 Å². The zero-order valence-electron chi connectivity index (χ0n) is 25.8. The van der Waals surface area contributed by atoms with E-state index in [1.807, 2.05) is 57.9 Å². The van der Waals surface area contributed by atoms with Gasteiger partial charge in [-0.3, -0.25) is 4.79 Å². The van der Waals surface area contributed by atoms with Gasteiger partial charge in [0.25, 0.3) is 0 Å². The Morgan fingerprint density at radius 2 is 1.72 bits per heavy atom. The van der Waals surface area contributed by atoms with Gasteiger partial charge in [-0.25, -0.2) is 9.78 Å². The van der Waals surface area contributed by atoms with E-state index in [2.05, 4.69) is 34.5 Å². The highest BCUT2D eigenvalue weighted by atomic mass is 35.5. The molecule has 2 unspecified atom stereocenters. The van der Waals surface area contributed by atoms with Crippen molar-refractivity contribution in [3.8, 4) is 18.9 Å². The number of anilines is 2. The Morgan fingerprint density at radius 3 is 2.07 bits per heavy atom. The van der Waals surface area contributed by atoms with Gasteiger partial charge in [-0.1, -0.05) is 56.1 Å². The van der Waals surface area contributed by atoms with Crippen molar-refractivity contribution in [3.63, 3.8) is 0 Å². The molecule has 234 valence electrons. The molecular weight excluding hydrogens is 589 g/mol. The second-order valence-electron chi connectivity index (χ2n) is 7.94. The van der Waals surface area contributed by atoms with Gasteiger partial charge in [-0.15, -0.1) is 12.8 Å². The van der Waals surface area contributed by atoms with Crippen LogP contribution in [0.5, 0.6) is 0 Å². The number of carboxylic acids is 1. The number of aromatic carboxylic acids is 1. The minimum absolute atomic E-state index is 0.0480. The lowest BCUT2D eigenvalue weighted by Crippen LogP contribution is -2.33. The molecule has 1 aromatic heterocycles. The number of nitrogens with zero attached hydrogens (tertiary/aromatic N) is 3. The normalized spacial score (nSPS) is 11.0. The first-order valence-electron chi connectivity index (χ1n) is 13.3. The van der Waals surface area contributed by atoms with Crippen LogP contribution >= 0.6 is 23.2 Å². The second kappa shape index (κ2) is 27.8. The van der Waals surface area contributed by atoms with Crippen LogP contribution in [-0.2, 0) is 9.59 Å².